The number of methoxy groups -OCH3 is 2. The monoisotopic (exact) mass is 595 g/mol. The predicted octanol–water partition coefficient (Wildman–Crippen LogP) is 5.91. The molecule has 7 nitrogen and oxygen atoms in total. The van der Waals surface area contributed by atoms with Gasteiger partial charge >= 0.3 is 14.4 Å². The van der Waals surface area contributed by atoms with Gasteiger partial charge < -0.3 is 18.6 Å². The molecule has 222 valence electrons. The fourth-order valence-corrected chi connectivity index (χ4v) is 10.3. The molecule has 4 aromatic carbocycles. The molecular formula is C35H37NO6Si. The maximum atomic E-state index is 13.5. The lowest BCUT2D eigenvalue weighted by molar-refractivity contribution is -0.128. The molecule has 1 atom stereocenters. The Morgan fingerprint density at radius 1 is 0.837 bits per heavy atom. The number of rotatable bonds is 9. The van der Waals surface area contributed by atoms with Crippen molar-refractivity contribution in [1.82, 2.24) is 4.90 Å². The van der Waals surface area contributed by atoms with Crippen LogP contribution in [0.15, 0.2) is 103 Å². The molecule has 43 heavy (non-hydrogen) atoms. The Kier molecular flexibility index (Phi) is 8.59. The third-order valence-corrected chi connectivity index (χ3v) is 12.8. The van der Waals surface area contributed by atoms with Gasteiger partial charge in [-0.2, -0.15) is 0 Å². The van der Waals surface area contributed by atoms with Crippen molar-refractivity contribution in [2.75, 3.05) is 20.8 Å². The number of carbonyl (C=O) groups excluding carboxylic acids is 2. The largest absolute Gasteiger partial charge is 0.529 e. The molecule has 1 aliphatic heterocycles. The predicted molar refractivity (Wildman–Crippen MR) is 169 cm³/mol. The summed E-state index contributed by atoms with van der Waals surface area (Å²) >= 11 is 0. The van der Waals surface area contributed by atoms with E-state index in [0.29, 0.717) is 22.8 Å². The summed E-state index contributed by atoms with van der Waals surface area (Å²) in [6, 6.07) is 33.1. The fraction of sp³-hybridized carbons (Fsp3) is 0.257. The lowest BCUT2D eigenvalue weighted by Crippen LogP contribution is -2.68. The van der Waals surface area contributed by atoms with Crippen LogP contribution < -0.4 is 24.3 Å². The summed E-state index contributed by atoms with van der Waals surface area (Å²) < 4.78 is 24.3. The van der Waals surface area contributed by atoms with Crippen LogP contribution in [0.25, 0.3) is 0 Å². The lowest BCUT2D eigenvalue weighted by atomic mass is 10.1. The van der Waals surface area contributed by atoms with Crippen LogP contribution in [0.4, 0.5) is 4.79 Å². The normalized spacial score (nSPS) is 15.1. The molecule has 1 saturated heterocycles. The second-order valence-electron chi connectivity index (χ2n) is 11.5. The van der Waals surface area contributed by atoms with Gasteiger partial charge in [-0.15, -0.1) is 0 Å². The Morgan fingerprint density at radius 3 is 1.79 bits per heavy atom. The topological polar surface area (TPSA) is 74.3 Å². The Bertz CT molecular complexity index is 1510. The summed E-state index contributed by atoms with van der Waals surface area (Å²) in [6.45, 7) is 6.71. The first kappa shape index (κ1) is 29.9. The Morgan fingerprint density at radius 2 is 1.33 bits per heavy atom. The SMILES string of the molecule is COc1cc(CC(=O)N2C(=O)OCC2c2ccccc2)cc(OC)c1O[Si](c1ccccc1)(c1ccccc1)C(C)(C)C. The third-order valence-electron chi connectivity index (χ3n) is 7.87. The van der Waals surface area contributed by atoms with Gasteiger partial charge in [0.05, 0.1) is 20.6 Å². The van der Waals surface area contributed by atoms with E-state index in [0.717, 1.165) is 15.9 Å². The highest BCUT2D eigenvalue weighted by Gasteiger charge is 2.53. The molecule has 0 N–H and O–H groups in total. The molecule has 0 saturated carbocycles. The molecule has 5 rings (SSSR count). The third kappa shape index (κ3) is 5.75. The molecule has 1 aliphatic rings. The van der Waals surface area contributed by atoms with Gasteiger partial charge in [0.1, 0.15) is 12.6 Å². The Balaban J connectivity index is 1.55. The minimum atomic E-state index is -3.01. The maximum Gasteiger partial charge on any atom is 0.417 e. The molecule has 8 heteroatoms. The Labute approximate surface area is 254 Å². The molecule has 1 heterocycles. The second-order valence-corrected chi connectivity index (χ2v) is 15.8. The van der Waals surface area contributed by atoms with Gasteiger partial charge in [-0.05, 0) is 38.7 Å². The number of amides is 2. The van der Waals surface area contributed by atoms with Gasteiger partial charge in [0, 0.05) is 0 Å². The summed E-state index contributed by atoms with van der Waals surface area (Å²) in [6.07, 6.45) is -0.700. The molecule has 4 aromatic rings. The molecule has 1 fully saturated rings. The van der Waals surface area contributed by atoms with E-state index in [2.05, 4.69) is 45.0 Å². The van der Waals surface area contributed by atoms with Crippen LogP contribution >= 0.6 is 0 Å². The molecule has 0 aromatic heterocycles. The Hall–Kier alpha value is -4.56. The lowest BCUT2D eigenvalue weighted by Gasteiger charge is -2.43. The van der Waals surface area contributed by atoms with Gasteiger partial charge in [-0.25, -0.2) is 9.69 Å². The van der Waals surface area contributed by atoms with E-state index in [9.17, 15) is 9.59 Å². The molecule has 2 amide bonds. The van der Waals surface area contributed by atoms with Crippen LogP contribution in [0.2, 0.25) is 5.04 Å². The van der Waals surface area contributed by atoms with E-state index in [-0.39, 0.29) is 24.0 Å². The molecule has 0 bridgehead atoms. The van der Waals surface area contributed by atoms with Crippen molar-refractivity contribution in [2.45, 2.75) is 38.3 Å². The standard InChI is InChI=1S/C35H37NO6Si/c1-35(2,3)43(27-17-11-7-12-18-27,28-19-13-8-14-20-28)42-33-30(39-4)21-25(22-31(33)40-5)23-32(37)36-29(24-41-34(36)38)26-15-9-6-10-16-26/h6-22,29H,23-24H2,1-5H3. The maximum absolute atomic E-state index is 13.5. The number of imide groups is 1. The summed E-state index contributed by atoms with van der Waals surface area (Å²) in [5, 5.41) is 1.93. The number of hydrogen-bond donors (Lipinski definition) is 0. The summed E-state index contributed by atoms with van der Waals surface area (Å²) in [5.74, 6) is 0.983. The van der Waals surface area contributed by atoms with Crippen molar-refractivity contribution in [3.63, 3.8) is 0 Å². The molecular weight excluding hydrogens is 558 g/mol. The highest BCUT2D eigenvalue weighted by Crippen LogP contribution is 2.45. The first-order valence-electron chi connectivity index (χ1n) is 14.3. The van der Waals surface area contributed by atoms with Crippen molar-refractivity contribution < 1.29 is 28.2 Å². The second kappa shape index (κ2) is 12.4. The highest BCUT2D eigenvalue weighted by molar-refractivity contribution is 7.00. The molecule has 0 aliphatic carbocycles. The van der Waals surface area contributed by atoms with Crippen LogP contribution in [0, 0.1) is 0 Å². The summed E-state index contributed by atoms with van der Waals surface area (Å²) in [7, 11) is 0.134. The smallest absolute Gasteiger partial charge is 0.417 e. The molecule has 0 spiro atoms. The minimum absolute atomic E-state index is 0.0509. The summed E-state index contributed by atoms with van der Waals surface area (Å²) in [5.41, 5.74) is 1.46. The average molecular weight is 596 g/mol. The van der Waals surface area contributed by atoms with Gasteiger partial charge in [0.25, 0.3) is 0 Å². The zero-order chi connectivity index (χ0) is 30.6. The van der Waals surface area contributed by atoms with E-state index < -0.39 is 20.5 Å². The van der Waals surface area contributed by atoms with E-state index in [1.54, 1.807) is 26.4 Å². The van der Waals surface area contributed by atoms with Crippen LogP contribution in [0.1, 0.15) is 37.9 Å². The van der Waals surface area contributed by atoms with Crippen molar-refractivity contribution in [3.8, 4) is 17.2 Å². The minimum Gasteiger partial charge on any atom is -0.529 e. The van der Waals surface area contributed by atoms with Crippen molar-refractivity contribution in [2.24, 2.45) is 0 Å². The van der Waals surface area contributed by atoms with E-state index >= 15 is 0 Å². The first-order chi connectivity index (χ1) is 20.7. The van der Waals surface area contributed by atoms with Crippen molar-refractivity contribution in [1.29, 1.82) is 0 Å². The van der Waals surface area contributed by atoms with Gasteiger partial charge in [0.2, 0.25) is 5.91 Å². The van der Waals surface area contributed by atoms with Crippen molar-refractivity contribution in [3.05, 3.63) is 114 Å². The van der Waals surface area contributed by atoms with Crippen LogP contribution in [0.3, 0.4) is 0 Å². The highest BCUT2D eigenvalue weighted by atomic mass is 28.4. The quantitative estimate of drug-likeness (QED) is 0.224. The van der Waals surface area contributed by atoms with Crippen LogP contribution in [0.5, 0.6) is 17.2 Å². The van der Waals surface area contributed by atoms with Gasteiger partial charge in [-0.1, -0.05) is 112 Å². The van der Waals surface area contributed by atoms with E-state index in [1.807, 2.05) is 66.7 Å². The van der Waals surface area contributed by atoms with Crippen LogP contribution in [-0.2, 0) is 16.0 Å². The summed E-state index contributed by atoms with van der Waals surface area (Å²) in [4.78, 5) is 27.4. The van der Waals surface area contributed by atoms with E-state index in [1.165, 1.54) is 4.90 Å². The van der Waals surface area contributed by atoms with Crippen LogP contribution in [-0.4, -0.2) is 46.0 Å². The zero-order valence-electron chi connectivity index (χ0n) is 25.2. The number of cyclic esters (lactones) is 1. The van der Waals surface area contributed by atoms with Crippen molar-refractivity contribution >= 4 is 30.7 Å². The van der Waals surface area contributed by atoms with Gasteiger partial charge in [-0.3, -0.25) is 4.79 Å². The number of nitrogens with zero attached hydrogens (tertiary/aromatic N) is 1. The number of benzene rings is 4. The van der Waals surface area contributed by atoms with Gasteiger partial charge in [0.15, 0.2) is 17.2 Å². The average Bonchev–Trinajstić information content (AvgIpc) is 3.42. The molecule has 1 unspecified atom stereocenters. The number of hydrogen-bond acceptors (Lipinski definition) is 6. The number of ether oxygens (including phenoxy) is 3. The molecule has 0 radical (unpaired) electrons. The van der Waals surface area contributed by atoms with E-state index in [4.69, 9.17) is 18.6 Å². The zero-order valence-corrected chi connectivity index (χ0v) is 26.2. The number of carbonyl (C=O) groups is 2. The fourth-order valence-electron chi connectivity index (χ4n) is 5.82. The first-order valence-corrected chi connectivity index (χ1v) is 16.2.